The minimum atomic E-state index is -0.231. The van der Waals surface area contributed by atoms with Crippen LogP contribution in [0.5, 0.6) is 0 Å². The molecule has 0 bridgehead atoms. The van der Waals surface area contributed by atoms with Gasteiger partial charge in [0, 0.05) is 29.3 Å². The smallest absolute Gasteiger partial charge is 0.180 e. The zero-order chi connectivity index (χ0) is 13.9. The monoisotopic (exact) mass is 285 g/mol. The lowest BCUT2D eigenvalue weighted by Gasteiger charge is -2.02. The molecule has 0 spiro atoms. The quantitative estimate of drug-likeness (QED) is 0.801. The number of benzene rings is 1. The van der Waals surface area contributed by atoms with Gasteiger partial charge in [-0.2, -0.15) is 0 Å². The van der Waals surface area contributed by atoms with Crippen molar-refractivity contribution in [1.82, 2.24) is 9.97 Å². The Kier molecular flexibility index (Phi) is 3.43. The molecule has 3 rings (SSSR count). The van der Waals surface area contributed by atoms with Gasteiger partial charge in [-0.3, -0.25) is 4.98 Å². The second-order valence-electron chi connectivity index (χ2n) is 4.37. The van der Waals surface area contributed by atoms with Gasteiger partial charge in [-0.15, -0.1) is 11.3 Å². The molecule has 100 valence electrons. The normalized spacial score (nSPS) is 10.7. The molecule has 0 radical (unpaired) electrons. The van der Waals surface area contributed by atoms with Crippen molar-refractivity contribution in [2.75, 3.05) is 5.73 Å². The van der Waals surface area contributed by atoms with E-state index in [0.717, 1.165) is 21.7 Å². The summed E-state index contributed by atoms with van der Waals surface area (Å²) in [5.74, 6) is -0.231. The predicted molar refractivity (Wildman–Crippen MR) is 79.0 cm³/mol. The van der Waals surface area contributed by atoms with Gasteiger partial charge in [-0.1, -0.05) is 12.1 Å². The number of nitrogen functional groups attached to an aromatic ring is 1. The van der Waals surface area contributed by atoms with E-state index in [-0.39, 0.29) is 5.82 Å². The first-order valence-corrected chi connectivity index (χ1v) is 6.94. The molecule has 20 heavy (non-hydrogen) atoms. The summed E-state index contributed by atoms with van der Waals surface area (Å²) in [4.78, 5) is 9.54. The van der Waals surface area contributed by atoms with Crippen LogP contribution in [-0.2, 0) is 6.42 Å². The molecule has 0 amide bonds. The minimum Gasteiger partial charge on any atom is -0.375 e. The molecule has 0 fully saturated rings. The fraction of sp³-hybridized carbons (Fsp3) is 0.0667. The van der Waals surface area contributed by atoms with Crippen LogP contribution >= 0.6 is 11.3 Å². The maximum absolute atomic E-state index is 12.9. The van der Waals surface area contributed by atoms with E-state index in [1.54, 1.807) is 24.5 Å². The number of pyridine rings is 1. The van der Waals surface area contributed by atoms with Crippen LogP contribution in [-0.4, -0.2) is 9.97 Å². The number of rotatable bonds is 3. The molecule has 0 aliphatic heterocycles. The van der Waals surface area contributed by atoms with Gasteiger partial charge in [0.15, 0.2) is 5.13 Å². The number of nitrogens with two attached hydrogens (primary N) is 1. The fourth-order valence-corrected chi connectivity index (χ4v) is 2.89. The van der Waals surface area contributed by atoms with Crippen LogP contribution in [0.4, 0.5) is 9.52 Å². The Bertz CT molecular complexity index is 708. The third-order valence-electron chi connectivity index (χ3n) is 2.93. The number of thiazole rings is 1. The van der Waals surface area contributed by atoms with Gasteiger partial charge in [0.2, 0.25) is 0 Å². The third kappa shape index (κ3) is 2.67. The van der Waals surface area contributed by atoms with Crippen molar-refractivity contribution in [1.29, 1.82) is 0 Å². The van der Waals surface area contributed by atoms with E-state index in [2.05, 4.69) is 9.97 Å². The van der Waals surface area contributed by atoms with Crippen LogP contribution in [0.25, 0.3) is 11.3 Å². The molecule has 1 aromatic carbocycles. The molecule has 3 nitrogen and oxygen atoms in total. The maximum atomic E-state index is 12.9. The number of aromatic nitrogens is 2. The standard InChI is InChI=1S/C15H12FN3S/c16-12-5-3-10(4-6-12)8-13-14(19-15(17)20-13)11-2-1-7-18-9-11/h1-7,9H,8H2,(H2,17,19). The number of hydrogen-bond acceptors (Lipinski definition) is 4. The molecule has 0 saturated carbocycles. The van der Waals surface area contributed by atoms with Crippen LogP contribution < -0.4 is 5.73 Å². The first kappa shape index (κ1) is 12.7. The number of hydrogen-bond donors (Lipinski definition) is 1. The summed E-state index contributed by atoms with van der Waals surface area (Å²) in [6, 6.07) is 10.3. The Morgan fingerprint density at radius 3 is 2.65 bits per heavy atom. The lowest BCUT2D eigenvalue weighted by Crippen LogP contribution is -1.90. The summed E-state index contributed by atoms with van der Waals surface area (Å²) in [7, 11) is 0. The zero-order valence-corrected chi connectivity index (χ0v) is 11.4. The molecule has 5 heteroatoms. The highest BCUT2D eigenvalue weighted by atomic mass is 32.1. The molecule has 0 unspecified atom stereocenters. The van der Waals surface area contributed by atoms with Crippen molar-refractivity contribution < 1.29 is 4.39 Å². The second kappa shape index (κ2) is 5.38. The summed E-state index contributed by atoms with van der Waals surface area (Å²) in [5.41, 5.74) is 8.64. The van der Waals surface area contributed by atoms with Crippen molar-refractivity contribution in [2.24, 2.45) is 0 Å². The summed E-state index contributed by atoms with van der Waals surface area (Å²) < 4.78 is 12.9. The highest BCUT2D eigenvalue weighted by Gasteiger charge is 2.12. The van der Waals surface area contributed by atoms with Crippen LogP contribution in [0, 0.1) is 5.82 Å². The molecule has 2 aromatic heterocycles. The Hall–Kier alpha value is -2.27. The first-order valence-electron chi connectivity index (χ1n) is 6.12. The van der Waals surface area contributed by atoms with E-state index in [4.69, 9.17) is 5.73 Å². The fourth-order valence-electron chi connectivity index (χ4n) is 2.01. The van der Waals surface area contributed by atoms with Gasteiger partial charge in [-0.05, 0) is 29.8 Å². The highest BCUT2D eigenvalue weighted by Crippen LogP contribution is 2.31. The van der Waals surface area contributed by atoms with Crippen LogP contribution in [0.3, 0.4) is 0 Å². The largest absolute Gasteiger partial charge is 0.375 e. The van der Waals surface area contributed by atoms with Gasteiger partial charge in [0.1, 0.15) is 5.82 Å². The lowest BCUT2D eigenvalue weighted by atomic mass is 10.1. The van der Waals surface area contributed by atoms with Crippen LogP contribution in [0.1, 0.15) is 10.4 Å². The average molecular weight is 285 g/mol. The summed E-state index contributed by atoms with van der Waals surface area (Å²) >= 11 is 1.45. The highest BCUT2D eigenvalue weighted by molar-refractivity contribution is 7.15. The molecule has 3 aromatic rings. The van der Waals surface area contributed by atoms with E-state index in [1.165, 1.54) is 23.5 Å². The van der Waals surface area contributed by atoms with Crippen molar-refractivity contribution in [3.8, 4) is 11.3 Å². The van der Waals surface area contributed by atoms with Crippen molar-refractivity contribution >= 4 is 16.5 Å². The van der Waals surface area contributed by atoms with E-state index in [9.17, 15) is 4.39 Å². The van der Waals surface area contributed by atoms with Crippen molar-refractivity contribution in [3.05, 3.63) is 65.0 Å². The van der Waals surface area contributed by atoms with Gasteiger partial charge >= 0.3 is 0 Å². The molecule has 2 heterocycles. The summed E-state index contributed by atoms with van der Waals surface area (Å²) in [5, 5.41) is 0.529. The van der Waals surface area contributed by atoms with Crippen molar-refractivity contribution in [3.63, 3.8) is 0 Å². The number of anilines is 1. The lowest BCUT2D eigenvalue weighted by molar-refractivity contribution is 0.627. The van der Waals surface area contributed by atoms with Crippen LogP contribution in [0.15, 0.2) is 48.8 Å². The molecule has 2 N–H and O–H groups in total. The number of halogens is 1. The molecule has 0 atom stereocenters. The average Bonchev–Trinajstić information content (AvgIpc) is 2.83. The second-order valence-corrected chi connectivity index (χ2v) is 5.48. The first-order chi connectivity index (χ1) is 9.72. The Morgan fingerprint density at radius 2 is 1.95 bits per heavy atom. The van der Waals surface area contributed by atoms with E-state index in [0.29, 0.717) is 11.6 Å². The van der Waals surface area contributed by atoms with Crippen molar-refractivity contribution in [2.45, 2.75) is 6.42 Å². The maximum Gasteiger partial charge on any atom is 0.180 e. The molecular weight excluding hydrogens is 273 g/mol. The SMILES string of the molecule is Nc1nc(-c2cccnc2)c(Cc2ccc(F)cc2)s1. The minimum absolute atomic E-state index is 0.231. The van der Waals surface area contributed by atoms with Gasteiger partial charge < -0.3 is 5.73 Å². The Labute approximate surface area is 119 Å². The van der Waals surface area contributed by atoms with E-state index >= 15 is 0 Å². The van der Waals surface area contributed by atoms with Crippen LogP contribution in [0.2, 0.25) is 0 Å². The molecule has 0 saturated heterocycles. The van der Waals surface area contributed by atoms with E-state index in [1.807, 2.05) is 12.1 Å². The third-order valence-corrected chi connectivity index (χ3v) is 3.81. The topological polar surface area (TPSA) is 51.8 Å². The van der Waals surface area contributed by atoms with Gasteiger partial charge in [0.25, 0.3) is 0 Å². The Balaban J connectivity index is 1.96. The summed E-state index contributed by atoms with van der Waals surface area (Å²) in [6.07, 6.45) is 4.17. The van der Waals surface area contributed by atoms with Gasteiger partial charge in [-0.25, -0.2) is 9.37 Å². The zero-order valence-electron chi connectivity index (χ0n) is 10.6. The summed E-state index contributed by atoms with van der Waals surface area (Å²) in [6.45, 7) is 0. The molecule has 0 aliphatic carbocycles. The van der Waals surface area contributed by atoms with Gasteiger partial charge in [0.05, 0.1) is 5.69 Å². The molecule has 0 aliphatic rings. The Morgan fingerprint density at radius 1 is 1.15 bits per heavy atom. The molecular formula is C15H12FN3S. The van der Waals surface area contributed by atoms with E-state index < -0.39 is 0 Å². The predicted octanol–water partition coefficient (Wildman–Crippen LogP) is 3.52. The number of nitrogens with zero attached hydrogens (tertiary/aromatic N) is 2.